The van der Waals surface area contributed by atoms with Crippen LogP contribution < -0.4 is 5.32 Å². The van der Waals surface area contributed by atoms with Gasteiger partial charge < -0.3 is 9.73 Å². The zero-order chi connectivity index (χ0) is 11.4. The predicted molar refractivity (Wildman–Crippen MR) is 66.1 cm³/mol. The lowest BCUT2D eigenvalue weighted by molar-refractivity contribution is 0.381. The van der Waals surface area contributed by atoms with E-state index in [4.69, 9.17) is 4.42 Å². The molecule has 1 aliphatic carbocycles. The van der Waals surface area contributed by atoms with Crippen LogP contribution in [0.1, 0.15) is 32.3 Å². The van der Waals surface area contributed by atoms with E-state index in [2.05, 4.69) is 25.2 Å². The Labute approximate surface area is 97.7 Å². The number of furan rings is 1. The van der Waals surface area contributed by atoms with Gasteiger partial charge >= 0.3 is 0 Å². The normalized spacial score (nSPS) is 25.5. The molecular formula is C14H21NO. The molecule has 2 unspecified atom stereocenters. The van der Waals surface area contributed by atoms with Gasteiger partial charge in [-0.2, -0.15) is 0 Å². The molecule has 0 spiro atoms. The minimum atomic E-state index is 0.745. The molecule has 0 aliphatic heterocycles. The molecule has 0 saturated carbocycles. The SMILES string of the molecule is CC1=CC(C)CC(CNCc2ccoc2)C1. The molecule has 2 atom stereocenters. The summed E-state index contributed by atoms with van der Waals surface area (Å²) >= 11 is 0. The van der Waals surface area contributed by atoms with Crippen LogP contribution in [0.25, 0.3) is 0 Å². The molecule has 0 saturated heterocycles. The van der Waals surface area contributed by atoms with Crippen LogP contribution in [0.15, 0.2) is 34.7 Å². The lowest BCUT2D eigenvalue weighted by atomic mass is 9.84. The zero-order valence-corrected chi connectivity index (χ0v) is 10.2. The highest BCUT2D eigenvalue weighted by atomic mass is 16.3. The topological polar surface area (TPSA) is 25.2 Å². The summed E-state index contributed by atoms with van der Waals surface area (Å²) in [7, 11) is 0. The molecule has 0 fully saturated rings. The van der Waals surface area contributed by atoms with Gasteiger partial charge in [-0.05, 0) is 44.2 Å². The molecule has 2 nitrogen and oxygen atoms in total. The summed E-state index contributed by atoms with van der Waals surface area (Å²) in [4.78, 5) is 0. The van der Waals surface area contributed by atoms with Gasteiger partial charge in [0.15, 0.2) is 0 Å². The van der Waals surface area contributed by atoms with Crippen molar-refractivity contribution < 1.29 is 4.42 Å². The average Bonchev–Trinajstić information content (AvgIpc) is 2.69. The number of nitrogens with one attached hydrogen (secondary N) is 1. The largest absolute Gasteiger partial charge is 0.472 e. The van der Waals surface area contributed by atoms with E-state index in [1.165, 1.54) is 18.4 Å². The van der Waals surface area contributed by atoms with E-state index in [0.29, 0.717) is 0 Å². The van der Waals surface area contributed by atoms with Crippen molar-refractivity contribution in [1.82, 2.24) is 5.32 Å². The Morgan fingerprint density at radius 1 is 1.50 bits per heavy atom. The van der Waals surface area contributed by atoms with Gasteiger partial charge in [-0.15, -0.1) is 0 Å². The maximum atomic E-state index is 5.04. The first-order chi connectivity index (χ1) is 7.74. The van der Waals surface area contributed by atoms with Gasteiger partial charge in [-0.25, -0.2) is 0 Å². The Kier molecular flexibility index (Phi) is 3.83. The van der Waals surface area contributed by atoms with Crippen LogP contribution in [0.2, 0.25) is 0 Å². The third-order valence-electron chi connectivity index (χ3n) is 3.23. The molecule has 1 aromatic heterocycles. The average molecular weight is 219 g/mol. The van der Waals surface area contributed by atoms with Crippen molar-refractivity contribution in [3.8, 4) is 0 Å². The Morgan fingerprint density at radius 3 is 3.06 bits per heavy atom. The molecule has 16 heavy (non-hydrogen) atoms. The van der Waals surface area contributed by atoms with E-state index in [9.17, 15) is 0 Å². The summed E-state index contributed by atoms with van der Waals surface area (Å²) in [5.41, 5.74) is 2.78. The Bertz CT molecular complexity index is 340. The summed E-state index contributed by atoms with van der Waals surface area (Å²) in [6.07, 6.45) is 8.51. The molecule has 1 N–H and O–H groups in total. The molecule has 1 aliphatic rings. The van der Waals surface area contributed by atoms with E-state index in [1.54, 1.807) is 11.8 Å². The fourth-order valence-corrected chi connectivity index (χ4v) is 2.66. The van der Waals surface area contributed by atoms with E-state index >= 15 is 0 Å². The Morgan fingerprint density at radius 2 is 2.38 bits per heavy atom. The summed E-state index contributed by atoms with van der Waals surface area (Å²) in [5.74, 6) is 1.54. The fourth-order valence-electron chi connectivity index (χ4n) is 2.66. The maximum absolute atomic E-state index is 5.04. The van der Waals surface area contributed by atoms with Crippen molar-refractivity contribution >= 4 is 0 Å². The highest BCUT2D eigenvalue weighted by Gasteiger charge is 2.17. The number of allylic oxidation sites excluding steroid dienone is 2. The van der Waals surface area contributed by atoms with Gasteiger partial charge in [0.2, 0.25) is 0 Å². The van der Waals surface area contributed by atoms with Crippen LogP contribution in [0.5, 0.6) is 0 Å². The molecule has 1 aromatic rings. The molecule has 0 amide bonds. The van der Waals surface area contributed by atoms with Crippen LogP contribution in [0.3, 0.4) is 0 Å². The van der Waals surface area contributed by atoms with Crippen molar-refractivity contribution in [3.63, 3.8) is 0 Å². The molecule has 0 aromatic carbocycles. The van der Waals surface area contributed by atoms with Gasteiger partial charge in [0.05, 0.1) is 12.5 Å². The Hall–Kier alpha value is -1.02. The second-order valence-electron chi connectivity index (χ2n) is 5.06. The first-order valence-electron chi connectivity index (χ1n) is 6.13. The standard InChI is InChI=1S/C14H21NO/c1-11-5-12(2)7-14(6-11)9-15-8-13-3-4-16-10-13/h3-5,10-11,14-15H,6-9H2,1-2H3. The van der Waals surface area contributed by atoms with E-state index < -0.39 is 0 Å². The minimum absolute atomic E-state index is 0.745. The lowest BCUT2D eigenvalue weighted by Crippen LogP contribution is -2.25. The lowest BCUT2D eigenvalue weighted by Gasteiger charge is -2.25. The third kappa shape index (κ3) is 3.24. The van der Waals surface area contributed by atoms with E-state index in [-0.39, 0.29) is 0 Å². The summed E-state index contributed by atoms with van der Waals surface area (Å²) in [6, 6.07) is 2.02. The third-order valence-corrected chi connectivity index (χ3v) is 3.23. The molecule has 88 valence electrons. The predicted octanol–water partition coefficient (Wildman–Crippen LogP) is 3.36. The first-order valence-corrected chi connectivity index (χ1v) is 6.13. The molecule has 1 heterocycles. The Balaban J connectivity index is 1.73. The highest BCUT2D eigenvalue weighted by Crippen LogP contribution is 2.27. The van der Waals surface area contributed by atoms with Crippen molar-refractivity contribution in [2.45, 2.75) is 33.2 Å². The molecule has 2 rings (SSSR count). The zero-order valence-electron chi connectivity index (χ0n) is 10.2. The van der Waals surface area contributed by atoms with Gasteiger partial charge in [0, 0.05) is 12.1 Å². The molecule has 2 heteroatoms. The second-order valence-corrected chi connectivity index (χ2v) is 5.06. The van der Waals surface area contributed by atoms with Gasteiger partial charge in [-0.3, -0.25) is 0 Å². The molecule has 0 radical (unpaired) electrons. The fraction of sp³-hybridized carbons (Fsp3) is 0.571. The van der Waals surface area contributed by atoms with Crippen LogP contribution in [-0.4, -0.2) is 6.54 Å². The minimum Gasteiger partial charge on any atom is -0.472 e. The van der Waals surface area contributed by atoms with E-state index in [0.717, 1.165) is 24.9 Å². The van der Waals surface area contributed by atoms with Gasteiger partial charge in [0.1, 0.15) is 0 Å². The van der Waals surface area contributed by atoms with Crippen molar-refractivity contribution in [2.24, 2.45) is 11.8 Å². The molecule has 0 bridgehead atoms. The van der Waals surface area contributed by atoms with E-state index in [1.807, 2.05) is 12.3 Å². The highest BCUT2D eigenvalue weighted by molar-refractivity contribution is 5.07. The van der Waals surface area contributed by atoms with Crippen molar-refractivity contribution in [3.05, 3.63) is 35.8 Å². The van der Waals surface area contributed by atoms with Crippen molar-refractivity contribution in [2.75, 3.05) is 6.54 Å². The van der Waals surface area contributed by atoms with Gasteiger partial charge in [-0.1, -0.05) is 18.6 Å². The van der Waals surface area contributed by atoms with Crippen LogP contribution in [0.4, 0.5) is 0 Å². The first kappa shape index (κ1) is 11.5. The number of hydrogen-bond donors (Lipinski definition) is 1. The van der Waals surface area contributed by atoms with Crippen LogP contribution in [-0.2, 0) is 6.54 Å². The van der Waals surface area contributed by atoms with Gasteiger partial charge in [0.25, 0.3) is 0 Å². The molecular weight excluding hydrogens is 198 g/mol. The van der Waals surface area contributed by atoms with Crippen LogP contribution >= 0.6 is 0 Å². The maximum Gasteiger partial charge on any atom is 0.0947 e. The number of rotatable bonds is 4. The number of hydrogen-bond acceptors (Lipinski definition) is 2. The smallest absolute Gasteiger partial charge is 0.0947 e. The van der Waals surface area contributed by atoms with Crippen molar-refractivity contribution in [1.29, 1.82) is 0 Å². The monoisotopic (exact) mass is 219 g/mol. The quantitative estimate of drug-likeness (QED) is 0.785. The summed E-state index contributed by atoms with van der Waals surface area (Å²) < 4.78 is 5.04. The summed E-state index contributed by atoms with van der Waals surface area (Å²) in [6.45, 7) is 6.59. The van der Waals surface area contributed by atoms with Crippen LogP contribution in [0, 0.1) is 11.8 Å². The second kappa shape index (κ2) is 5.35. The summed E-state index contributed by atoms with van der Waals surface area (Å²) in [5, 5.41) is 3.51.